The second-order valence-electron chi connectivity index (χ2n) is 10.5. The Morgan fingerprint density at radius 2 is 1.35 bits per heavy atom. The molecule has 0 aromatic heterocycles. The third-order valence-electron chi connectivity index (χ3n) is 7.18. The zero-order valence-corrected chi connectivity index (χ0v) is 26.9. The average molecular weight is 646 g/mol. The van der Waals surface area contributed by atoms with Gasteiger partial charge in [-0.1, -0.05) is 90.5 Å². The molecule has 0 spiro atoms. The van der Waals surface area contributed by atoms with E-state index in [-0.39, 0.29) is 16.9 Å². The summed E-state index contributed by atoms with van der Waals surface area (Å²) in [6.07, 6.45) is 1.65. The number of thioether (sulfide) groups is 1. The van der Waals surface area contributed by atoms with Crippen molar-refractivity contribution in [3.05, 3.63) is 155 Å². The monoisotopic (exact) mass is 645 g/mol. The normalized spacial score (nSPS) is 11.8. The number of nitrogens with one attached hydrogen (secondary N) is 3. The Morgan fingerprint density at radius 3 is 2.02 bits per heavy atom. The summed E-state index contributed by atoms with van der Waals surface area (Å²) in [7, 11) is 0. The Kier molecular flexibility index (Phi) is 10.7. The van der Waals surface area contributed by atoms with Crippen LogP contribution in [0.15, 0.2) is 138 Å². The van der Waals surface area contributed by atoms with Crippen LogP contribution in [0.2, 0.25) is 5.02 Å². The fourth-order valence-electron chi connectivity index (χ4n) is 4.56. The SMILES string of the molecule is Cc1c(Cl)cccc1NC(=O)C(C)Sc1ccc(NC(=O)/C(=C/c2ccc(-c3ccccc3)cc2)NC(=O)c2ccccc2)cc1. The molecule has 8 heteroatoms. The fraction of sp³-hybridized carbons (Fsp3) is 0.0789. The molecule has 0 saturated heterocycles. The third kappa shape index (κ3) is 8.53. The zero-order valence-electron chi connectivity index (χ0n) is 25.3. The highest BCUT2D eigenvalue weighted by atomic mass is 35.5. The van der Waals surface area contributed by atoms with Crippen molar-refractivity contribution in [1.29, 1.82) is 0 Å². The van der Waals surface area contributed by atoms with Crippen LogP contribution >= 0.6 is 23.4 Å². The summed E-state index contributed by atoms with van der Waals surface area (Å²) in [6, 6.07) is 39.1. The van der Waals surface area contributed by atoms with Crippen molar-refractivity contribution >= 4 is 58.5 Å². The fourth-order valence-corrected chi connectivity index (χ4v) is 5.60. The van der Waals surface area contributed by atoms with Crippen LogP contribution in [0.5, 0.6) is 0 Å². The van der Waals surface area contributed by atoms with Gasteiger partial charge in [-0.25, -0.2) is 0 Å². The van der Waals surface area contributed by atoms with E-state index in [0.717, 1.165) is 27.1 Å². The minimum atomic E-state index is -0.471. The van der Waals surface area contributed by atoms with Crippen molar-refractivity contribution in [2.75, 3.05) is 10.6 Å². The highest BCUT2D eigenvalue weighted by Crippen LogP contribution is 2.28. The van der Waals surface area contributed by atoms with Crippen molar-refractivity contribution in [2.45, 2.75) is 24.0 Å². The molecular formula is C38H32ClN3O3S. The standard InChI is InChI=1S/C38H32ClN3O3S/c1-25-33(39)14-9-15-34(25)41-36(43)26(2)46-32-22-20-31(21-23-32)40-38(45)35(42-37(44)30-12-7-4-8-13-30)24-27-16-18-29(19-17-27)28-10-5-3-6-11-28/h3-24,26H,1-2H3,(H,40,45)(H,41,43)(H,42,44)/b35-24-. The molecule has 6 nitrogen and oxygen atoms in total. The van der Waals surface area contributed by atoms with Crippen LogP contribution in [0.1, 0.15) is 28.4 Å². The first-order valence-corrected chi connectivity index (χ1v) is 15.9. The van der Waals surface area contributed by atoms with Crippen LogP contribution in [-0.2, 0) is 9.59 Å². The molecular weight excluding hydrogens is 614 g/mol. The number of amides is 3. The predicted octanol–water partition coefficient (Wildman–Crippen LogP) is 8.84. The number of carbonyl (C=O) groups excluding carboxylic acids is 3. The Morgan fingerprint density at radius 1 is 0.717 bits per heavy atom. The van der Waals surface area contributed by atoms with Crippen LogP contribution in [0.3, 0.4) is 0 Å². The van der Waals surface area contributed by atoms with E-state index in [2.05, 4.69) is 16.0 Å². The zero-order chi connectivity index (χ0) is 32.5. The maximum absolute atomic E-state index is 13.5. The topological polar surface area (TPSA) is 87.3 Å². The van der Waals surface area contributed by atoms with Gasteiger partial charge in [-0.05, 0) is 90.7 Å². The molecule has 0 aliphatic rings. The summed E-state index contributed by atoms with van der Waals surface area (Å²) in [6.45, 7) is 3.69. The molecule has 0 fully saturated rings. The van der Waals surface area contributed by atoms with E-state index in [1.165, 1.54) is 11.8 Å². The number of halogens is 1. The molecule has 0 aliphatic carbocycles. The molecule has 5 rings (SSSR count). The second kappa shape index (κ2) is 15.3. The van der Waals surface area contributed by atoms with Gasteiger partial charge in [-0.2, -0.15) is 0 Å². The quantitative estimate of drug-likeness (QED) is 0.105. The summed E-state index contributed by atoms with van der Waals surface area (Å²) in [5, 5.41) is 8.81. The Labute approximate surface area is 277 Å². The molecule has 5 aromatic carbocycles. The molecule has 1 unspecified atom stereocenters. The van der Waals surface area contributed by atoms with Gasteiger partial charge < -0.3 is 16.0 Å². The molecule has 1 atom stereocenters. The lowest BCUT2D eigenvalue weighted by Gasteiger charge is -2.15. The van der Waals surface area contributed by atoms with Crippen molar-refractivity contribution in [3.8, 4) is 11.1 Å². The van der Waals surface area contributed by atoms with Crippen LogP contribution < -0.4 is 16.0 Å². The number of anilines is 2. The first-order chi connectivity index (χ1) is 22.3. The molecule has 0 aliphatic heterocycles. The van der Waals surface area contributed by atoms with Crippen LogP contribution in [0, 0.1) is 6.92 Å². The van der Waals surface area contributed by atoms with Gasteiger partial charge >= 0.3 is 0 Å². The summed E-state index contributed by atoms with van der Waals surface area (Å²) in [5.74, 6) is -1.01. The number of rotatable bonds is 10. The summed E-state index contributed by atoms with van der Waals surface area (Å²) in [4.78, 5) is 40.2. The predicted molar refractivity (Wildman–Crippen MR) is 189 cm³/mol. The Hall–Kier alpha value is -5.11. The maximum Gasteiger partial charge on any atom is 0.272 e. The van der Waals surface area contributed by atoms with Gasteiger partial charge in [0.1, 0.15) is 5.70 Å². The minimum Gasteiger partial charge on any atom is -0.325 e. The summed E-state index contributed by atoms with van der Waals surface area (Å²) < 4.78 is 0. The molecule has 230 valence electrons. The maximum atomic E-state index is 13.5. The van der Waals surface area contributed by atoms with E-state index in [4.69, 9.17) is 11.6 Å². The van der Waals surface area contributed by atoms with E-state index in [1.807, 2.05) is 92.7 Å². The number of hydrogen-bond acceptors (Lipinski definition) is 4. The molecule has 0 bridgehead atoms. The highest BCUT2D eigenvalue weighted by Gasteiger charge is 2.18. The molecule has 3 N–H and O–H groups in total. The molecule has 0 heterocycles. The van der Waals surface area contributed by atoms with Crippen molar-refractivity contribution in [1.82, 2.24) is 5.32 Å². The number of hydrogen-bond donors (Lipinski definition) is 3. The number of benzene rings is 5. The lowest BCUT2D eigenvalue weighted by Crippen LogP contribution is -2.30. The highest BCUT2D eigenvalue weighted by molar-refractivity contribution is 8.00. The summed E-state index contributed by atoms with van der Waals surface area (Å²) in [5.41, 5.74) is 5.45. The molecule has 0 saturated carbocycles. The van der Waals surface area contributed by atoms with Crippen LogP contribution in [0.25, 0.3) is 17.2 Å². The van der Waals surface area contributed by atoms with Crippen molar-refractivity contribution < 1.29 is 14.4 Å². The lowest BCUT2D eigenvalue weighted by molar-refractivity contribution is -0.115. The van der Waals surface area contributed by atoms with E-state index in [9.17, 15) is 14.4 Å². The van der Waals surface area contributed by atoms with Gasteiger partial charge in [0.25, 0.3) is 11.8 Å². The average Bonchev–Trinajstić information content (AvgIpc) is 3.08. The van der Waals surface area contributed by atoms with Crippen molar-refractivity contribution in [3.63, 3.8) is 0 Å². The van der Waals surface area contributed by atoms with Gasteiger partial charge in [0.05, 0.1) is 5.25 Å². The first-order valence-electron chi connectivity index (χ1n) is 14.6. The van der Waals surface area contributed by atoms with Gasteiger partial charge in [-0.15, -0.1) is 11.8 Å². The van der Waals surface area contributed by atoms with E-state index in [1.54, 1.807) is 54.6 Å². The number of carbonyl (C=O) groups is 3. The van der Waals surface area contributed by atoms with Crippen molar-refractivity contribution in [2.24, 2.45) is 0 Å². The third-order valence-corrected chi connectivity index (χ3v) is 8.70. The van der Waals surface area contributed by atoms with Gasteiger partial charge in [0.2, 0.25) is 5.91 Å². The molecule has 3 amide bonds. The minimum absolute atomic E-state index is 0.0985. The van der Waals surface area contributed by atoms with Crippen LogP contribution in [0.4, 0.5) is 11.4 Å². The van der Waals surface area contributed by atoms with Crippen LogP contribution in [-0.4, -0.2) is 23.0 Å². The lowest BCUT2D eigenvalue weighted by atomic mass is 10.0. The largest absolute Gasteiger partial charge is 0.325 e. The van der Waals surface area contributed by atoms with Gasteiger partial charge in [0.15, 0.2) is 0 Å². The van der Waals surface area contributed by atoms with Gasteiger partial charge in [-0.3, -0.25) is 14.4 Å². The Balaban J connectivity index is 1.28. The van der Waals surface area contributed by atoms with E-state index >= 15 is 0 Å². The molecule has 46 heavy (non-hydrogen) atoms. The van der Waals surface area contributed by atoms with E-state index in [0.29, 0.717) is 22.0 Å². The Bertz CT molecular complexity index is 1860. The first kappa shape index (κ1) is 32.3. The smallest absolute Gasteiger partial charge is 0.272 e. The second-order valence-corrected chi connectivity index (χ2v) is 12.3. The van der Waals surface area contributed by atoms with Gasteiger partial charge in [0, 0.05) is 26.9 Å². The molecule has 5 aromatic rings. The molecule has 0 radical (unpaired) electrons. The van der Waals surface area contributed by atoms with E-state index < -0.39 is 11.8 Å². The summed E-state index contributed by atoms with van der Waals surface area (Å²) >= 11 is 7.58.